The van der Waals surface area contributed by atoms with Crippen molar-refractivity contribution in [2.24, 2.45) is 0 Å². The number of rotatable bonds is 16. The Morgan fingerprint density at radius 3 is 2.25 bits per heavy atom. The summed E-state index contributed by atoms with van der Waals surface area (Å²) in [6.45, 7) is 6.16. The molecule has 0 bridgehead atoms. The average molecular weight is 809 g/mol. The van der Waals surface area contributed by atoms with Crippen LogP contribution >= 0.6 is 7.82 Å². The monoisotopic (exact) mass is 808 g/mol. The van der Waals surface area contributed by atoms with E-state index in [1.807, 2.05) is 0 Å². The SMILES string of the molecule is C=CCOP(=O)(OC[C@H]1O[C@@H](n2ccc(NC(C)=O)nc2=O)[C@H](OC(C)=O)[C@@H]1OC(C)=O)O[C@@]1(C(=O)OC)C[C@H](OC(=O)c2ccccc2)[C@@H](NC(C)=O)CO1. The second-order valence-corrected chi connectivity index (χ2v) is 13.8. The van der Waals surface area contributed by atoms with Gasteiger partial charge in [-0.15, -0.1) is 6.58 Å². The van der Waals surface area contributed by atoms with Crippen molar-refractivity contribution in [2.45, 2.75) is 76.6 Å². The Morgan fingerprint density at radius 1 is 0.982 bits per heavy atom. The number of carbonyl (C=O) groups excluding carboxylic acids is 6. The Bertz CT molecular complexity index is 1910. The van der Waals surface area contributed by atoms with Crippen LogP contribution < -0.4 is 16.3 Å². The molecule has 1 aromatic heterocycles. The van der Waals surface area contributed by atoms with Gasteiger partial charge in [-0.1, -0.05) is 24.3 Å². The Labute approximate surface area is 319 Å². The number of benzene rings is 1. The molecule has 3 heterocycles. The first-order valence-electron chi connectivity index (χ1n) is 16.8. The predicted molar refractivity (Wildman–Crippen MR) is 187 cm³/mol. The molecule has 2 N–H and O–H groups in total. The number of ether oxygens (including phenoxy) is 6. The van der Waals surface area contributed by atoms with E-state index >= 15 is 0 Å². The van der Waals surface area contributed by atoms with Gasteiger partial charge in [0.05, 0.1) is 45.0 Å². The van der Waals surface area contributed by atoms with Crippen LogP contribution in [0.25, 0.3) is 0 Å². The van der Waals surface area contributed by atoms with Crippen molar-refractivity contribution < 1.29 is 75.3 Å². The zero-order valence-electron chi connectivity index (χ0n) is 30.9. The number of carbonyl (C=O) groups is 6. The van der Waals surface area contributed by atoms with Gasteiger partial charge < -0.3 is 39.1 Å². The number of phosphoric ester groups is 1. The lowest BCUT2D eigenvalue weighted by molar-refractivity contribution is -0.250. The maximum Gasteiger partial charge on any atom is 0.478 e. The fraction of sp³-hybridized carbons (Fsp3) is 0.471. The van der Waals surface area contributed by atoms with E-state index in [1.54, 1.807) is 18.2 Å². The third kappa shape index (κ3) is 11.1. The molecule has 21 nitrogen and oxygen atoms in total. The molecule has 2 saturated heterocycles. The molecule has 2 aromatic rings. The highest BCUT2D eigenvalue weighted by Gasteiger charge is 2.57. The van der Waals surface area contributed by atoms with Crippen molar-refractivity contribution in [3.8, 4) is 0 Å². The third-order valence-corrected chi connectivity index (χ3v) is 9.32. The van der Waals surface area contributed by atoms with Crippen LogP contribution in [0.4, 0.5) is 5.82 Å². The predicted octanol–water partition coefficient (Wildman–Crippen LogP) is 1.33. The Balaban J connectivity index is 1.67. The van der Waals surface area contributed by atoms with E-state index in [9.17, 15) is 38.1 Å². The highest BCUT2D eigenvalue weighted by atomic mass is 31.2. The van der Waals surface area contributed by atoms with Crippen LogP contribution in [0.5, 0.6) is 0 Å². The summed E-state index contributed by atoms with van der Waals surface area (Å²) in [5.41, 5.74) is -0.834. The van der Waals surface area contributed by atoms with Gasteiger partial charge in [0.1, 0.15) is 18.0 Å². The summed E-state index contributed by atoms with van der Waals surface area (Å²) >= 11 is 0. The maximum atomic E-state index is 14.4. The van der Waals surface area contributed by atoms with Crippen molar-refractivity contribution >= 4 is 49.3 Å². The minimum Gasteiger partial charge on any atom is -0.465 e. The van der Waals surface area contributed by atoms with Crippen LogP contribution in [-0.2, 0) is 70.5 Å². The van der Waals surface area contributed by atoms with Gasteiger partial charge in [0.2, 0.25) is 11.8 Å². The third-order valence-electron chi connectivity index (χ3n) is 7.87. The molecule has 304 valence electrons. The number of amides is 2. The van der Waals surface area contributed by atoms with E-state index in [-0.39, 0.29) is 11.4 Å². The topological polar surface area (TPSA) is 262 Å². The van der Waals surface area contributed by atoms with Crippen LogP contribution in [0.1, 0.15) is 50.7 Å². The van der Waals surface area contributed by atoms with E-state index in [0.717, 1.165) is 25.5 Å². The Morgan fingerprint density at radius 2 is 1.66 bits per heavy atom. The number of methoxy groups -OCH3 is 1. The fourth-order valence-electron chi connectivity index (χ4n) is 5.65. The number of anilines is 1. The van der Waals surface area contributed by atoms with E-state index < -0.39 is 118 Å². The van der Waals surface area contributed by atoms with Gasteiger partial charge in [-0.25, -0.2) is 23.5 Å². The number of hydrogen-bond donors (Lipinski definition) is 2. The average Bonchev–Trinajstić information content (AvgIpc) is 3.45. The number of aromatic nitrogens is 2. The molecule has 8 atom stereocenters. The summed E-state index contributed by atoms with van der Waals surface area (Å²) < 4.78 is 65.3. The fourth-order valence-corrected chi connectivity index (χ4v) is 7.01. The normalized spacial score (nSPS) is 25.4. The summed E-state index contributed by atoms with van der Waals surface area (Å²) in [5, 5.41) is 4.93. The minimum atomic E-state index is -5.06. The van der Waals surface area contributed by atoms with Crippen molar-refractivity contribution in [1.82, 2.24) is 14.9 Å². The molecule has 2 fully saturated rings. The van der Waals surface area contributed by atoms with Gasteiger partial charge >= 0.3 is 37.4 Å². The molecule has 22 heteroatoms. The molecule has 0 radical (unpaired) electrons. The maximum absolute atomic E-state index is 14.4. The lowest BCUT2D eigenvalue weighted by atomic mass is 9.98. The van der Waals surface area contributed by atoms with Gasteiger partial charge in [-0.3, -0.25) is 32.8 Å². The standard InChI is InChI=1S/C34H41N4O17P/c1-7-15-49-56(46,55-34(32(44)47-6)16-25(24(17-48-34)35-19(2)39)54-31(43)23-11-9-8-10-12-23)50-18-26-28(51-21(4)41)29(52-22(5)42)30(53-26)38-14-13-27(36-20(3)40)37-33(38)45/h7-14,24-26,28-30H,1,15-18H2,2-6H3,(H,35,39)(H,36,37,40,45)/t24-,25-,26+,28+,29+,30+,34+,56?/m0/s1. The van der Waals surface area contributed by atoms with Crippen LogP contribution in [0.15, 0.2) is 60.0 Å². The molecule has 2 aliphatic heterocycles. The highest BCUT2D eigenvalue weighted by molar-refractivity contribution is 7.48. The summed E-state index contributed by atoms with van der Waals surface area (Å²) in [4.78, 5) is 91.4. The molecule has 1 aromatic carbocycles. The second-order valence-electron chi connectivity index (χ2n) is 12.2. The number of phosphoric acid groups is 1. The summed E-state index contributed by atoms with van der Waals surface area (Å²) in [5.74, 6) is -7.61. The lowest BCUT2D eigenvalue weighted by Crippen LogP contribution is -2.60. The summed E-state index contributed by atoms with van der Waals surface area (Å²) in [6.07, 6.45) is -5.73. The quantitative estimate of drug-likeness (QED) is 0.105. The number of nitrogens with one attached hydrogen (secondary N) is 2. The first kappa shape index (κ1) is 43.4. The van der Waals surface area contributed by atoms with Crippen molar-refractivity contribution in [1.29, 1.82) is 0 Å². The Hall–Kier alpha value is -5.31. The smallest absolute Gasteiger partial charge is 0.465 e. The molecular formula is C34H41N4O17P. The van der Waals surface area contributed by atoms with Gasteiger partial charge in [-0.05, 0) is 18.2 Å². The number of nitrogens with zero attached hydrogens (tertiary/aromatic N) is 2. The molecule has 4 rings (SSSR count). The number of hydrogen-bond acceptors (Lipinski definition) is 18. The van der Waals surface area contributed by atoms with Crippen molar-refractivity contribution in [3.63, 3.8) is 0 Å². The van der Waals surface area contributed by atoms with Crippen LogP contribution in [-0.4, -0.2) is 108 Å². The van der Waals surface area contributed by atoms with Crippen LogP contribution in [0, 0.1) is 0 Å². The van der Waals surface area contributed by atoms with E-state index in [4.69, 9.17) is 42.0 Å². The molecule has 1 unspecified atom stereocenters. The first-order valence-corrected chi connectivity index (χ1v) is 18.3. The molecule has 2 aliphatic rings. The molecule has 2 amide bonds. The van der Waals surface area contributed by atoms with Crippen LogP contribution in [0.3, 0.4) is 0 Å². The summed E-state index contributed by atoms with van der Waals surface area (Å²) in [7, 11) is -4.08. The van der Waals surface area contributed by atoms with E-state index in [0.29, 0.717) is 0 Å². The second kappa shape index (κ2) is 19.0. The zero-order chi connectivity index (χ0) is 41.2. The summed E-state index contributed by atoms with van der Waals surface area (Å²) in [6, 6.07) is 8.04. The van der Waals surface area contributed by atoms with Gasteiger partial charge in [0.15, 0.2) is 18.4 Å². The van der Waals surface area contributed by atoms with Gasteiger partial charge in [0, 0.05) is 33.9 Å². The minimum absolute atomic E-state index is 0.0976. The van der Waals surface area contributed by atoms with Crippen LogP contribution in [0.2, 0.25) is 0 Å². The van der Waals surface area contributed by atoms with Gasteiger partial charge in [0.25, 0.3) is 5.79 Å². The van der Waals surface area contributed by atoms with Crippen molar-refractivity contribution in [2.75, 3.05) is 32.2 Å². The van der Waals surface area contributed by atoms with E-state index in [1.165, 1.54) is 44.3 Å². The molecule has 56 heavy (non-hydrogen) atoms. The lowest BCUT2D eigenvalue weighted by Gasteiger charge is -2.42. The van der Waals surface area contributed by atoms with Gasteiger partial charge in [-0.2, -0.15) is 4.98 Å². The molecule has 0 spiro atoms. The molecule has 0 saturated carbocycles. The molecular weight excluding hydrogens is 767 g/mol. The van der Waals surface area contributed by atoms with E-state index in [2.05, 4.69) is 22.2 Å². The Kier molecular flexibility index (Phi) is 14.8. The highest BCUT2D eigenvalue weighted by Crippen LogP contribution is 2.55. The number of esters is 4. The van der Waals surface area contributed by atoms with Crippen molar-refractivity contribution in [3.05, 3.63) is 71.3 Å². The first-order chi connectivity index (χ1) is 26.5. The molecule has 0 aliphatic carbocycles. The zero-order valence-corrected chi connectivity index (χ0v) is 31.8. The largest absolute Gasteiger partial charge is 0.478 e.